The molecule has 1 aromatic carbocycles. The largest absolute Gasteiger partial charge is 0.369 e. The second-order valence-electron chi connectivity index (χ2n) is 9.39. The Balaban J connectivity index is 1.36. The van der Waals surface area contributed by atoms with Crippen molar-refractivity contribution in [2.24, 2.45) is 0 Å². The number of hydrogen-bond donors (Lipinski definition) is 1. The summed E-state index contributed by atoms with van der Waals surface area (Å²) in [4.78, 5) is 14.1. The van der Waals surface area contributed by atoms with Crippen molar-refractivity contribution in [1.82, 2.24) is 14.9 Å². The second kappa shape index (κ2) is 9.75. The Morgan fingerprint density at radius 3 is 2.79 bits per heavy atom. The van der Waals surface area contributed by atoms with Crippen molar-refractivity contribution in [1.29, 1.82) is 0 Å². The third-order valence-corrected chi connectivity index (χ3v) is 6.79. The normalized spacial score (nSPS) is 18.0. The van der Waals surface area contributed by atoms with Crippen LogP contribution in [0.1, 0.15) is 35.4 Å². The molecule has 0 bridgehead atoms. The summed E-state index contributed by atoms with van der Waals surface area (Å²) in [6.07, 6.45) is 9.61. The van der Waals surface area contributed by atoms with Crippen LogP contribution in [0.25, 0.3) is 0 Å². The molecule has 170 valence electrons. The molecule has 0 radical (unpaired) electrons. The molecule has 0 amide bonds. The molecule has 4 heterocycles. The molecule has 5 heteroatoms. The number of anilines is 2. The number of aromatic nitrogens is 2. The number of nitrogens with one attached hydrogen (secondary N) is 1. The molecule has 1 N–H and O–H groups in total. The van der Waals surface area contributed by atoms with E-state index in [1.807, 2.05) is 19.3 Å². The van der Waals surface area contributed by atoms with Gasteiger partial charge in [0.25, 0.3) is 0 Å². The van der Waals surface area contributed by atoms with E-state index >= 15 is 0 Å². The van der Waals surface area contributed by atoms with Gasteiger partial charge in [0.1, 0.15) is 0 Å². The first-order chi connectivity index (χ1) is 16.1. The maximum Gasteiger partial charge on any atom is 0.0553 e. The van der Waals surface area contributed by atoms with Crippen molar-refractivity contribution in [3.63, 3.8) is 0 Å². The summed E-state index contributed by atoms with van der Waals surface area (Å²) in [5.74, 6) is 0. The fourth-order valence-corrected chi connectivity index (χ4v) is 5.04. The maximum absolute atomic E-state index is 4.54. The van der Waals surface area contributed by atoms with E-state index in [1.54, 1.807) is 0 Å². The first-order valence-corrected chi connectivity index (χ1v) is 12.0. The predicted molar refractivity (Wildman–Crippen MR) is 135 cm³/mol. The van der Waals surface area contributed by atoms with E-state index in [1.165, 1.54) is 40.9 Å². The molecule has 1 fully saturated rings. The molecule has 1 saturated heterocycles. The zero-order chi connectivity index (χ0) is 22.6. The van der Waals surface area contributed by atoms with Gasteiger partial charge in [-0.1, -0.05) is 18.2 Å². The number of nitrogens with zero attached hydrogens (tertiary/aromatic N) is 4. The van der Waals surface area contributed by atoms with Gasteiger partial charge in [-0.2, -0.15) is 0 Å². The van der Waals surface area contributed by atoms with E-state index in [9.17, 15) is 0 Å². The van der Waals surface area contributed by atoms with Crippen LogP contribution in [-0.2, 0) is 13.0 Å². The summed E-state index contributed by atoms with van der Waals surface area (Å²) >= 11 is 0. The number of benzene rings is 1. The van der Waals surface area contributed by atoms with E-state index in [4.69, 9.17) is 0 Å². The van der Waals surface area contributed by atoms with Gasteiger partial charge in [-0.05, 0) is 80.1 Å². The van der Waals surface area contributed by atoms with E-state index < -0.39 is 0 Å². The van der Waals surface area contributed by atoms with Crippen molar-refractivity contribution < 1.29 is 0 Å². The van der Waals surface area contributed by atoms with Crippen LogP contribution in [0.15, 0.2) is 72.7 Å². The van der Waals surface area contributed by atoms with E-state index in [-0.39, 0.29) is 0 Å². The standard InChI is InChI=1S/C28H33N5/c1-21-9-10-26(17-30-21)32-13-5-7-27(20-32)33(18-23-11-12-29-22(2)14-23)19-24-15-25-6-3-4-8-28(25)31-16-24/h3-4,6,8-12,14,16-17,27,31H,5,7,13,15,18-20H2,1-2H3/t27-/m0/s1. The number of para-hydroxylation sites is 1. The van der Waals surface area contributed by atoms with Crippen LogP contribution in [0.4, 0.5) is 11.4 Å². The van der Waals surface area contributed by atoms with Crippen molar-refractivity contribution in [3.8, 4) is 0 Å². The number of pyridine rings is 2. The quantitative estimate of drug-likeness (QED) is 0.578. The molecule has 5 rings (SSSR count). The fourth-order valence-electron chi connectivity index (χ4n) is 5.04. The van der Waals surface area contributed by atoms with Gasteiger partial charge in [0.05, 0.1) is 11.9 Å². The van der Waals surface area contributed by atoms with Gasteiger partial charge in [-0.25, -0.2) is 0 Å². The highest BCUT2D eigenvalue weighted by molar-refractivity contribution is 5.57. The summed E-state index contributed by atoms with van der Waals surface area (Å²) < 4.78 is 0. The maximum atomic E-state index is 4.54. The Hall–Kier alpha value is -3.18. The molecular formula is C28H33N5. The van der Waals surface area contributed by atoms with Crippen molar-refractivity contribution in [3.05, 3.63) is 95.2 Å². The van der Waals surface area contributed by atoms with Crippen LogP contribution in [0.2, 0.25) is 0 Å². The summed E-state index contributed by atoms with van der Waals surface area (Å²) in [7, 11) is 0. The lowest BCUT2D eigenvalue weighted by Gasteiger charge is -2.41. The van der Waals surface area contributed by atoms with Gasteiger partial charge in [0.15, 0.2) is 0 Å². The van der Waals surface area contributed by atoms with E-state index in [0.717, 1.165) is 44.0 Å². The molecular weight excluding hydrogens is 406 g/mol. The third kappa shape index (κ3) is 5.25. The molecule has 33 heavy (non-hydrogen) atoms. The number of rotatable bonds is 6. The summed E-state index contributed by atoms with van der Waals surface area (Å²) in [5, 5.41) is 3.52. The smallest absolute Gasteiger partial charge is 0.0553 e. The summed E-state index contributed by atoms with van der Waals surface area (Å²) in [5.41, 5.74) is 8.77. The van der Waals surface area contributed by atoms with Crippen LogP contribution >= 0.6 is 0 Å². The molecule has 0 spiro atoms. The van der Waals surface area contributed by atoms with Crippen LogP contribution in [-0.4, -0.2) is 40.5 Å². The first kappa shape index (κ1) is 21.7. The van der Waals surface area contributed by atoms with Crippen LogP contribution < -0.4 is 10.2 Å². The van der Waals surface area contributed by atoms with Gasteiger partial charge in [-0.15, -0.1) is 0 Å². The topological polar surface area (TPSA) is 44.3 Å². The third-order valence-electron chi connectivity index (χ3n) is 6.79. The zero-order valence-electron chi connectivity index (χ0n) is 19.7. The second-order valence-corrected chi connectivity index (χ2v) is 9.39. The minimum atomic E-state index is 0.492. The number of fused-ring (bicyclic) bond motifs is 1. The monoisotopic (exact) mass is 439 g/mol. The van der Waals surface area contributed by atoms with Gasteiger partial charge in [-0.3, -0.25) is 14.9 Å². The molecule has 0 aliphatic carbocycles. The summed E-state index contributed by atoms with van der Waals surface area (Å²) in [6, 6.07) is 17.8. The predicted octanol–water partition coefficient (Wildman–Crippen LogP) is 5.12. The summed E-state index contributed by atoms with van der Waals surface area (Å²) in [6.45, 7) is 8.16. The van der Waals surface area contributed by atoms with Crippen molar-refractivity contribution in [2.45, 2.75) is 45.7 Å². The molecule has 3 aromatic rings. The van der Waals surface area contributed by atoms with E-state index in [0.29, 0.717) is 6.04 Å². The molecule has 1 atom stereocenters. The lowest BCUT2D eigenvalue weighted by molar-refractivity contribution is 0.180. The number of piperidine rings is 1. The Kier molecular flexibility index (Phi) is 6.40. The van der Waals surface area contributed by atoms with Gasteiger partial charge >= 0.3 is 0 Å². The lowest BCUT2D eigenvalue weighted by atomic mass is 9.98. The molecule has 5 nitrogen and oxygen atoms in total. The Morgan fingerprint density at radius 1 is 1.03 bits per heavy atom. The number of aryl methyl sites for hydroxylation is 2. The molecule has 2 aliphatic rings. The van der Waals surface area contributed by atoms with E-state index in [2.05, 4.69) is 86.7 Å². The Morgan fingerprint density at radius 2 is 1.94 bits per heavy atom. The highest BCUT2D eigenvalue weighted by Gasteiger charge is 2.27. The van der Waals surface area contributed by atoms with Crippen molar-refractivity contribution in [2.75, 3.05) is 29.9 Å². The van der Waals surface area contributed by atoms with Crippen molar-refractivity contribution >= 4 is 11.4 Å². The Labute approximate surface area is 197 Å². The first-order valence-electron chi connectivity index (χ1n) is 12.0. The minimum Gasteiger partial charge on any atom is -0.369 e. The molecule has 0 unspecified atom stereocenters. The molecule has 2 aromatic heterocycles. The zero-order valence-corrected chi connectivity index (χ0v) is 19.7. The molecule has 2 aliphatic heterocycles. The van der Waals surface area contributed by atoms with Crippen LogP contribution in [0.5, 0.6) is 0 Å². The highest BCUT2D eigenvalue weighted by atomic mass is 15.2. The molecule has 0 saturated carbocycles. The number of hydrogen-bond acceptors (Lipinski definition) is 5. The van der Waals surface area contributed by atoms with Crippen LogP contribution in [0.3, 0.4) is 0 Å². The fraction of sp³-hybridized carbons (Fsp3) is 0.357. The van der Waals surface area contributed by atoms with Gasteiger partial charge in [0.2, 0.25) is 0 Å². The SMILES string of the molecule is Cc1ccc(N2CCC[C@H](N(CC3=CNc4ccccc4C3)Cc3ccnc(C)c3)C2)cn1. The average molecular weight is 440 g/mol. The Bertz CT molecular complexity index is 1120. The average Bonchev–Trinajstić information content (AvgIpc) is 2.84. The van der Waals surface area contributed by atoms with Gasteiger partial charge < -0.3 is 10.2 Å². The van der Waals surface area contributed by atoms with Crippen LogP contribution in [0, 0.1) is 13.8 Å². The highest BCUT2D eigenvalue weighted by Crippen LogP contribution is 2.27. The lowest BCUT2D eigenvalue weighted by Crippen LogP contribution is -2.48. The minimum absolute atomic E-state index is 0.492. The van der Waals surface area contributed by atoms with Gasteiger partial charge in [0, 0.05) is 61.7 Å².